The zero-order chi connectivity index (χ0) is 20.1. The molecule has 0 bridgehead atoms. The van der Waals surface area contributed by atoms with Crippen LogP contribution in [0.15, 0.2) is 49.1 Å². The van der Waals surface area contributed by atoms with Crippen LogP contribution in [-0.2, 0) is 6.42 Å². The molecule has 0 fully saturated rings. The minimum Gasteiger partial charge on any atom is -0.493 e. The zero-order valence-electron chi connectivity index (χ0n) is 16.2. The summed E-state index contributed by atoms with van der Waals surface area (Å²) in [6.07, 6.45) is 2.80. The summed E-state index contributed by atoms with van der Waals surface area (Å²) < 4.78 is 10.9. The molecule has 3 rings (SSSR count). The molecule has 148 valence electrons. The summed E-state index contributed by atoms with van der Waals surface area (Å²) in [6.45, 7) is 5.99. The van der Waals surface area contributed by atoms with Crippen LogP contribution in [0.2, 0.25) is 5.02 Å². The molecule has 1 atom stereocenters. The van der Waals surface area contributed by atoms with E-state index in [4.69, 9.17) is 21.1 Å². The Hall–Kier alpha value is -2.50. The highest BCUT2D eigenvalue weighted by Gasteiger charge is 2.28. The summed E-state index contributed by atoms with van der Waals surface area (Å²) in [5.41, 5.74) is 2.94. The van der Waals surface area contributed by atoms with E-state index in [1.54, 1.807) is 38.5 Å². The van der Waals surface area contributed by atoms with Gasteiger partial charge in [0.1, 0.15) is 0 Å². The van der Waals surface area contributed by atoms with Crippen molar-refractivity contribution in [3.05, 3.63) is 70.8 Å². The van der Waals surface area contributed by atoms with Crippen molar-refractivity contribution in [3.8, 4) is 11.5 Å². The third-order valence-corrected chi connectivity index (χ3v) is 5.29. The average molecular weight is 401 g/mol. The Labute approximate surface area is 170 Å². The van der Waals surface area contributed by atoms with Gasteiger partial charge in [-0.05, 0) is 53.9 Å². The van der Waals surface area contributed by atoms with Gasteiger partial charge in [0.05, 0.1) is 20.3 Å². The van der Waals surface area contributed by atoms with Gasteiger partial charge in [0.2, 0.25) is 0 Å². The van der Waals surface area contributed by atoms with Crippen LogP contribution in [0.4, 0.5) is 0 Å². The van der Waals surface area contributed by atoms with Crippen LogP contribution in [0.1, 0.15) is 27.5 Å². The molecule has 1 heterocycles. The lowest BCUT2D eigenvalue weighted by atomic mass is 9.91. The van der Waals surface area contributed by atoms with Crippen molar-refractivity contribution in [3.63, 3.8) is 0 Å². The fourth-order valence-corrected chi connectivity index (χ4v) is 3.72. The Bertz CT molecular complexity index is 852. The number of carbonyl (C=O) groups excluding carboxylic acids is 1. The van der Waals surface area contributed by atoms with Crippen molar-refractivity contribution in [1.29, 1.82) is 0 Å². The molecule has 0 saturated carbocycles. The Morgan fingerprint density at radius 2 is 1.93 bits per heavy atom. The first kappa shape index (κ1) is 20.2. The van der Waals surface area contributed by atoms with Crippen LogP contribution in [0, 0.1) is 0 Å². The maximum absolute atomic E-state index is 12.6. The molecule has 28 heavy (non-hydrogen) atoms. The molecule has 1 N–H and O–H groups in total. The number of methoxy groups -OCH3 is 2. The van der Waals surface area contributed by atoms with Crippen LogP contribution in [0.3, 0.4) is 0 Å². The van der Waals surface area contributed by atoms with E-state index >= 15 is 0 Å². The van der Waals surface area contributed by atoms with Crippen LogP contribution < -0.4 is 14.8 Å². The van der Waals surface area contributed by atoms with Gasteiger partial charge in [0, 0.05) is 30.2 Å². The molecular weight excluding hydrogens is 376 g/mol. The number of fused-ring (bicyclic) bond motifs is 1. The minimum absolute atomic E-state index is 0.0257. The first-order valence-electron chi connectivity index (χ1n) is 9.21. The molecule has 0 spiro atoms. The number of hydrogen-bond acceptors (Lipinski definition) is 4. The largest absolute Gasteiger partial charge is 0.493 e. The summed E-state index contributed by atoms with van der Waals surface area (Å²) in [6, 6.07) is 11.0. The van der Waals surface area contributed by atoms with Gasteiger partial charge < -0.3 is 14.8 Å². The van der Waals surface area contributed by atoms with E-state index in [2.05, 4.69) is 16.8 Å². The number of amides is 1. The third kappa shape index (κ3) is 4.32. The van der Waals surface area contributed by atoms with Crippen LogP contribution in [-0.4, -0.2) is 44.7 Å². The fourth-order valence-electron chi connectivity index (χ4n) is 3.60. The van der Waals surface area contributed by atoms with Gasteiger partial charge in [-0.1, -0.05) is 17.7 Å². The third-order valence-electron chi connectivity index (χ3n) is 5.04. The molecule has 1 amide bonds. The number of hydrogen-bond donors (Lipinski definition) is 1. The summed E-state index contributed by atoms with van der Waals surface area (Å²) in [4.78, 5) is 14.9. The van der Waals surface area contributed by atoms with E-state index in [1.807, 2.05) is 18.2 Å². The maximum Gasteiger partial charge on any atom is 0.251 e. The molecular formula is C22H25ClN2O3. The van der Waals surface area contributed by atoms with Crippen molar-refractivity contribution < 1.29 is 14.3 Å². The molecule has 1 aliphatic heterocycles. The number of rotatable bonds is 7. The second kappa shape index (κ2) is 9.13. The molecule has 0 aliphatic carbocycles. The van der Waals surface area contributed by atoms with Gasteiger partial charge in [-0.25, -0.2) is 0 Å². The van der Waals surface area contributed by atoms with Crippen LogP contribution in [0.5, 0.6) is 11.5 Å². The number of halogens is 1. The second-order valence-corrected chi connectivity index (χ2v) is 7.11. The lowest BCUT2D eigenvalue weighted by molar-refractivity contribution is 0.0932. The van der Waals surface area contributed by atoms with E-state index in [-0.39, 0.29) is 11.9 Å². The quantitative estimate of drug-likeness (QED) is 0.717. The molecule has 5 nitrogen and oxygen atoms in total. The summed E-state index contributed by atoms with van der Waals surface area (Å²) in [5.74, 6) is 1.29. The highest BCUT2D eigenvalue weighted by atomic mass is 35.5. The monoisotopic (exact) mass is 400 g/mol. The Morgan fingerprint density at radius 3 is 2.57 bits per heavy atom. The smallest absolute Gasteiger partial charge is 0.251 e. The van der Waals surface area contributed by atoms with E-state index in [9.17, 15) is 4.79 Å². The van der Waals surface area contributed by atoms with Crippen LogP contribution >= 0.6 is 11.6 Å². The number of carbonyl (C=O) groups is 1. The number of benzene rings is 2. The summed E-state index contributed by atoms with van der Waals surface area (Å²) >= 11 is 5.91. The van der Waals surface area contributed by atoms with Gasteiger partial charge >= 0.3 is 0 Å². The van der Waals surface area contributed by atoms with E-state index in [1.165, 1.54) is 5.56 Å². The first-order chi connectivity index (χ1) is 13.6. The predicted molar refractivity (Wildman–Crippen MR) is 112 cm³/mol. The van der Waals surface area contributed by atoms with E-state index in [0.717, 1.165) is 30.8 Å². The van der Waals surface area contributed by atoms with Crippen molar-refractivity contribution in [2.45, 2.75) is 12.5 Å². The molecule has 0 aromatic heterocycles. The predicted octanol–water partition coefficient (Wildman–Crippen LogP) is 3.87. The number of nitrogens with zero attached hydrogens (tertiary/aromatic N) is 1. The number of ether oxygens (including phenoxy) is 2. The lowest BCUT2D eigenvalue weighted by Crippen LogP contribution is -2.42. The van der Waals surface area contributed by atoms with Crippen molar-refractivity contribution in [1.82, 2.24) is 10.2 Å². The van der Waals surface area contributed by atoms with Crippen LogP contribution in [0.25, 0.3) is 0 Å². The molecule has 2 aromatic carbocycles. The highest BCUT2D eigenvalue weighted by molar-refractivity contribution is 6.30. The average Bonchev–Trinajstić information content (AvgIpc) is 2.72. The van der Waals surface area contributed by atoms with Gasteiger partial charge in [0.25, 0.3) is 5.91 Å². The van der Waals surface area contributed by atoms with Gasteiger partial charge in [-0.2, -0.15) is 0 Å². The topological polar surface area (TPSA) is 50.8 Å². The molecule has 1 aliphatic rings. The lowest BCUT2D eigenvalue weighted by Gasteiger charge is -2.37. The van der Waals surface area contributed by atoms with E-state index in [0.29, 0.717) is 22.9 Å². The fraction of sp³-hybridized carbons (Fsp3) is 0.318. The van der Waals surface area contributed by atoms with Crippen molar-refractivity contribution >= 4 is 17.5 Å². The normalized spacial score (nSPS) is 16.2. The molecule has 1 unspecified atom stereocenters. The standard InChI is InChI=1S/C22H25ClN2O3/c1-4-10-25-11-9-16-12-20(27-2)21(28-3)13-18(16)19(25)14-24-22(26)15-5-7-17(23)8-6-15/h4-8,12-13,19H,1,9-11,14H2,2-3H3,(H,24,26). The molecule has 2 aromatic rings. The Balaban J connectivity index is 1.85. The zero-order valence-corrected chi connectivity index (χ0v) is 17.0. The molecule has 0 radical (unpaired) electrons. The summed E-state index contributed by atoms with van der Waals surface area (Å²) in [7, 11) is 3.27. The molecule has 6 heteroatoms. The van der Waals surface area contributed by atoms with E-state index < -0.39 is 0 Å². The van der Waals surface area contributed by atoms with Gasteiger partial charge in [0.15, 0.2) is 11.5 Å². The Morgan fingerprint density at radius 1 is 1.25 bits per heavy atom. The SMILES string of the molecule is C=CCN1CCc2cc(OC)c(OC)cc2C1CNC(=O)c1ccc(Cl)cc1. The van der Waals surface area contributed by atoms with Crippen molar-refractivity contribution in [2.75, 3.05) is 33.9 Å². The number of nitrogens with one attached hydrogen (secondary N) is 1. The first-order valence-corrected chi connectivity index (χ1v) is 9.58. The Kier molecular flexibility index (Phi) is 6.60. The van der Waals surface area contributed by atoms with Gasteiger partial charge in [-0.3, -0.25) is 9.69 Å². The summed E-state index contributed by atoms with van der Waals surface area (Å²) in [5, 5.41) is 3.66. The molecule has 0 saturated heterocycles. The maximum atomic E-state index is 12.6. The highest BCUT2D eigenvalue weighted by Crippen LogP contribution is 2.37. The van der Waals surface area contributed by atoms with Gasteiger partial charge in [-0.15, -0.1) is 6.58 Å². The minimum atomic E-state index is -0.122. The van der Waals surface area contributed by atoms with Crippen molar-refractivity contribution in [2.24, 2.45) is 0 Å². The second-order valence-electron chi connectivity index (χ2n) is 6.67.